The van der Waals surface area contributed by atoms with Crippen LogP contribution in [0.3, 0.4) is 0 Å². The van der Waals surface area contributed by atoms with Crippen LogP contribution in [-0.4, -0.2) is 70.8 Å². The van der Waals surface area contributed by atoms with Crippen molar-refractivity contribution in [2.75, 3.05) is 40.3 Å². The summed E-state index contributed by atoms with van der Waals surface area (Å²) < 4.78 is 2.11. The lowest BCUT2D eigenvalue weighted by atomic mass is 10.1. The number of hydrogen-bond donors (Lipinski definition) is 0. The molecule has 0 aromatic carbocycles. The van der Waals surface area contributed by atoms with Crippen molar-refractivity contribution in [3.05, 3.63) is 18.0 Å². The summed E-state index contributed by atoms with van der Waals surface area (Å²) in [5, 5.41) is 4.45. The number of aromatic nitrogens is 2. The van der Waals surface area contributed by atoms with Crippen LogP contribution in [0.25, 0.3) is 0 Å². The van der Waals surface area contributed by atoms with Gasteiger partial charge >= 0.3 is 6.03 Å². The van der Waals surface area contributed by atoms with Crippen LogP contribution >= 0.6 is 0 Å². The van der Waals surface area contributed by atoms with Gasteiger partial charge in [0.15, 0.2) is 0 Å². The largest absolute Gasteiger partial charge is 0.325 e. The molecule has 3 rings (SSSR count). The fraction of sp³-hybridized carbons (Fsp3) is 0.733. The van der Waals surface area contributed by atoms with Crippen LogP contribution < -0.4 is 0 Å². The summed E-state index contributed by atoms with van der Waals surface area (Å²) in [5.41, 5.74) is 1.15. The van der Waals surface area contributed by atoms with E-state index in [1.54, 1.807) is 0 Å². The molecule has 0 radical (unpaired) electrons. The highest BCUT2D eigenvalue weighted by Crippen LogP contribution is 2.24. The number of urea groups is 1. The Morgan fingerprint density at radius 2 is 2.10 bits per heavy atom. The zero-order valence-electron chi connectivity index (χ0n) is 13.0. The molecule has 21 heavy (non-hydrogen) atoms. The average Bonchev–Trinajstić information content (AvgIpc) is 3.14. The number of carbonyl (C=O) groups is 1. The van der Waals surface area contributed by atoms with Crippen LogP contribution in [0.2, 0.25) is 0 Å². The zero-order valence-corrected chi connectivity index (χ0v) is 13.0. The lowest BCUT2D eigenvalue weighted by Gasteiger charge is -2.36. The molecule has 0 unspecified atom stereocenters. The summed E-state index contributed by atoms with van der Waals surface area (Å²) in [6.45, 7) is 4.30. The minimum absolute atomic E-state index is 0.204. The highest BCUT2D eigenvalue weighted by Gasteiger charge is 2.31. The molecule has 2 aliphatic heterocycles. The van der Waals surface area contributed by atoms with Crippen LogP contribution in [0, 0.1) is 0 Å². The molecule has 1 fully saturated rings. The molecule has 0 aliphatic carbocycles. The molecule has 0 N–H and O–H groups in total. The van der Waals surface area contributed by atoms with E-state index in [2.05, 4.69) is 28.8 Å². The molecular formula is C15H25N5O. The van der Waals surface area contributed by atoms with Gasteiger partial charge in [0.2, 0.25) is 0 Å². The monoisotopic (exact) mass is 291 g/mol. The second kappa shape index (κ2) is 6.05. The second-order valence-electron chi connectivity index (χ2n) is 6.37. The lowest BCUT2D eigenvalue weighted by molar-refractivity contribution is 0.131. The van der Waals surface area contributed by atoms with Gasteiger partial charge in [-0.25, -0.2) is 4.79 Å². The Kier molecular flexibility index (Phi) is 4.14. The fourth-order valence-corrected chi connectivity index (χ4v) is 3.26. The first kappa shape index (κ1) is 14.4. The topological polar surface area (TPSA) is 44.6 Å². The highest BCUT2D eigenvalue weighted by atomic mass is 16.2. The van der Waals surface area contributed by atoms with E-state index in [1.165, 1.54) is 0 Å². The first-order valence-corrected chi connectivity index (χ1v) is 7.86. The van der Waals surface area contributed by atoms with Crippen LogP contribution in [0.15, 0.2) is 12.3 Å². The van der Waals surface area contributed by atoms with Gasteiger partial charge in [-0.2, -0.15) is 5.10 Å². The van der Waals surface area contributed by atoms with Gasteiger partial charge in [-0.05, 0) is 46.0 Å². The number of nitrogens with zero attached hydrogens (tertiary/aromatic N) is 5. The Balaban J connectivity index is 1.72. The van der Waals surface area contributed by atoms with Crippen molar-refractivity contribution >= 4 is 6.03 Å². The Morgan fingerprint density at radius 1 is 1.33 bits per heavy atom. The quantitative estimate of drug-likeness (QED) is 0.846. The molecule has 0 spiro atoms. The first-order valence-electron chi connectivity index (χ1n) is 7.86. The van der Waals surface area contributed by atoms with Crippen molar-refractivity contribution < 1.29 is 4.79 Å². The van der Waals surface area contributed by atoms with Crippen molar-refractivity contribution in [1.29, 1.82) is 0 Å². The van der Waals surface area contributed by atoms with Crippen molar-refractivity contribution in [3.63, 3.8) is 0 Å². The Labute approximate surface area is 126 Å². The molecule has 1 atom stereocenters. The van der Waals surface area contributed by atoms with Gasteiger partial charge in [0.1, 0.15) is 0 Å². The van der Waals surface area contributed by atoms with Crippen molar-refractivity contribution in [2.24, 2.45) is 0 Å². The maximum atomic E-state index is 12.6. The maximum Gasteiger partial charge on any atom is 0.320 e. The zero-order chi connectivity index (χ0) is 14.8. The fourth-order valence-electron chi connectivity index (χ4n) is 3.26. The maximum absolute atomic E-state index is 12.6. The molecule has 2 aliphatic rings. The Bertz CT molecular complexity index is 492. The van der Waals surface area contributed by atoms with E-state index in [0.717, 1.165) is 51.1 Å². The van der Waals surface area contributed by atoms with E-state index in [0.29, 0.717) is 6.54 Å². The lowest BCUT2D eigenvalue weighted by Crippen LogP contribution is -2.47. The van der Waals surface area contributed by atoms with Crippen LogP contribution in [-0.2, 0) is 6.54 Å². The minimum atomic E-state index is 0.204. The number of carbonyl (C=O) groups excluding carboxylic acids is 1. The van der Waals surface area contributed by atoms with Gasteiger partial charge in [-0.15, -0.1) is 0 Å². The molecule has 0 bridgehead atoms. The third kappa shape index (κ3) is 3.05. The Hall–Kier alpha value is -1.56. The SMILES string of the molecule is CN(C)CC[C@H]1CN(C(=O)N2CCCC2)Cc2ccnn21. The van der Waals surface area contributed by atoms with Gasteiger partial charge in [-0.3, -0.25) is 4.68 Å². The summed E-state index contributed by atoms with van der Waals surface area (Å²) in [6, 6.07) is 2.53. The molecule has 1 saturated heterocycles. The standard InChI is InChI=1S/C15H25N5O/c1-17(2)10-6-14-12-19(11-13-5-7-16-20(13)14)15(21)18-8-3-4-9-18/h5,7,14H,3-4,6,8-12H2,1-2H3/t14-/m0/s1. The average molecular weight is 291 g/mol. The van der Waals surface area contributed by atoms with E-state index in [9.17, 15) is 4.79 Å². The summed E-state index contributed by atoms with van der Waals surface area (Å²) in [5.74, 6) is 0. The van der Waals surface area contributed by atoms with E-state index >= 15 is 0 Å². The van der Waals surface area contributed by atoms with Crippen molar-refractivity contribution in [2.45, 2.75) is 31.8 Å². The van der Waals surface area contributed by atoms with E-state index in [-0.39, 0.29) is 12.1 Å². The third-order valence-electron chi connectivity index (χ3n) is 4.44. The van der Waals surface area contributed by atoms with Gasteiger partial charge in [-0.1, -0.05) is 0 Å². The second-order valence-corrected chi connectivity index (χ2v) is 6.37. The Morgan fingerprint density at radius 3 is 2.81 bits per heavy atom. The van der Waals surface area contributed by atoms with Gasteiger partial charge in [0, 0.05) is 25.8 Å². The molecular weight excluding hydrogens is 266 g/mol. The number of fused-ring (bicyclic) bond motifs is 1. The van der Waals surface area contributed by atoms with Crippen molar-refractivity contribution in [1.82, 2.24) is 24.5 Å². The normalized spacial score (nSPS) is 22.0. The van der Waals surface area contributed by atoms with Crippen molar-refractivity contribution in [3.8, 4) is 0 Å². The molecule has 2 amide bonds. The first-order chi connectivity index (χ1) is 10.1. The molecule has 0 saturated carbocycles. The summed E-state index contributed by atoms with van der Waals surface area (Å²) >= 11 is 0. The predicted molar refractivity (Wildman–Crippen MR) is 81.0 cm³/mol. The molecule has 6 nitrogen and oxygen atoms in total. The molecule has 1 aromatic heterocycles. The molecule has 1 aromatic rings. The number of rotatable bonds is 3. The highest BCUT2D eigenvalue weighted by molar-refractivity contribution is 5.74. The summed E-state index contributed by atoms with van der Waals surface area (Å²) in [6.07, 6.45) is 5.15. The predicted octanol–water partition coefficient (Wildman–Crippen LogP) is 1.41. The smallest absolute Gasteiger partial charge is 0.320 e. The number of amides is 2. The third-order valence-corrected chi connectivity index (χ3v) is 4.44. The van der Waals surface area contributed by atoms with E-state index in [1.807, 2.05) is 22.1 Å². The summed E-state index contributed by atoms with van der Waals surface area (Å²) in [4.78, 5) is 18.8. The van der Waals surface area contributed by atoms with E-state index < -0.39 is 0 Å². The van der Waals surface area contributed by atoms with Gasteiger partial charge in [0.25, 0.3) is 0 Å². The van der Waals surface area contributed by atoms with Crippen LogP contribution in [0.5, 0.6) is 0 Å². The number of hydrogen-bond acceptors (Lipinski definition) is 3. The number of likely N-dealkylation sites (tertiary alicyclic amines) is 1. The van der Waals surface area contributed by atoms with Crippen LogP contribution in [0.4, 0.5) is 4.79 Å². The molecule has 6 heteroatoms. The minimum Gasteiger partial charge on any atom is -0.325 e. The van der Waals surface area contributed by atoms with Gasteiger partial charge < -0.3 is 14.7 Å². The van der Waals surface area contributed by atoms with Gasteiger partial charge in [0.05, 0.1) is 18.3 Å². The molecule has 3 heterocycles. The van der Waals surface area contributed by atoms with Crippen LogP contribution in [0.1, 0.15) is 31.0 Å². The summed E-state index contributed by atoms with van der Waals surface area (Å²) in [7, 11) is 4.17. The van der Waals surface area contributed by atoms with E-state index in [4.69, 9.17) is 0 Å². The molecule has 116 valence electrons.